The lowest BCUT2D eigenvalue weighted by atomic mass is 10.3. The predicted octanol–water partition coefficient (Wildman–Crippen LogP) is 2.02. The number of amides is 2. The van der Waals surface area contributed by atoms with Crippen LogP contribution < -0.4 is 4.74 Å². The Bertz CT molecular complexity index is 456. The molecule has 0 saturated carbocycles. The average molecular weight is 312 g/mol. The number of halogens is 1. The van der Waals surface area contributed by atoms with Crippen LogP contribution in [0.15, 0.2) is 24.3 Å². The lowest BCUT2D eigenvalue weighted by Gasteiger charge is -2.35. The van der Waals surface area contributed by atoms with Gasteiger partial charge in [-0.1, -0.05) is 11.6 Å². The summed E-state index contributed by atoms with van der Waals surface area (Å²) >= 11 is 5.83. The molecule has 0 aliphatic carbocycles. The molecule has 1 heterocycles. The highest BCUT2D eigenvalue weighted by atomic mass is 35.5. The van der Waals surface area contributed by atoms with Gasteiger partial charge in [0.1, 0.15) is 12.4 Å². The Morgan fingerprint density at radius 3 is 2.38 bits per heavy atom. The van der Waals surface area contributed by atoms with Gasteiger partial charge in [-0.05, 0) is 24.3 Å². The molecule has 0 bridgehead atoms. The Kier molecular flexibility index (Phi) is 5.70. The van der Waals surface area contributed by atoms with Crippen molar-refractivity contribution in [2.45, 2.75) is 0 Å². The van der Waals surface area contributed by atoms with Crippen LogP contribution in [0.2, 0.25) is 5.02 Å². The predicted molar refractivity (Wildman–Crippen MR) is 84.0 cm³/mol. The van der Waals surface area contributed by atoms with E-state index in [1.54, 1.807) is 19.0 Å². The van der Waals surface area contributed by atoms with E-state index in [1.807, 2.05) is 29.2 Å². The van der Waals surface area contributed by atoms with Gasteiger partial charge in [0.25, 0.3) is 0 Å². The van der Waals surface area contributed by atoms with Crippen molar-refractivity contribution in [1.29, 1.82) is 0 Å². The number of benzene rings is 1. The van der Waals surface area contributed by atoms with Crippen molar-refractivity contribution in [1.82, 2.24) is 14.7 Å². The van der Waals surface area contributed by atoms with Crippen LogP contribution in [0.1, 0.15) is 0 Å². The Labute approximate surface area is 131 Å². The van der Waals surface area contributed by atoms with Gasteiger partial charge < -0.3 is 14.5 Å². The largest absolute Gasteiger partial charge is 0.492 e. The molecule has 0 N–H and O–H groups in total. The van der Waals surface area contributed by atoms with Crippen molar-refractivity contribution >= 4 is 17.6 Å². The quantitative estimate of drug-likeness (QED) is 0.853. The van der Waals surface area contributed by atoms with E-state index in [0.717, 1.165) is 38.5 Å². The van der Waals surface area contributed by atoms with Crippen LogP contribution in [0, 0.1) is 0 Å². The van der Waals surface area contributed by atoms with Crippen LogP contribution in [-0.2, 0) is 0 Å². The van der Waals surface area contributed by atoms with Crippen LogP contribution in [0.4, 0.5) is 4.79 Å². The van der Waals surface area contributed by atoms with Gasteiger partial charge in [-0.15, -0.1) is 0 Å². The number of hydrogen-bond acceptors (Lipinski definition) is 3. The minimum absolute atomic E-state index is 0.0899. The first-order chi connectivity index (χ1) is 10.1. The van der Waals surface area contributed by atoms with Crippen molar-refractivity contribution in [2.75, 3.05) is 53.4 Å². The zero-order valence-electron chi connectivity index (χ0n) is 12.6. The molecule has 5 nitrogen and oxygen atoms in total. The number of carbonyl (C=O) groups is 1. The van der Waals surface area contributed by atoms with Crippen molar-refractivity contribution in [3.05, 3.63) is 29.3 Å². The highest BCUT2D eigenvalue weighted by Gasteiger charge is 2.21. The number of hydrogen-bond donors (Lipinski definition) is 0. The second-order valence-electron chi connectivity index (χ2n) is 5.31. The number of carbonyl (C=O) groups excluding carboxylic acids is 1. The van der Waals surface area contributed by atoms with E-state index in [0.29, 0.717) is 11.6 Å². The number of ether oxygens (including phenoxy) is 1. The SMILES string of the molecule is CN(C)C(=O)N1CCN(CCOc2ccc(Cl)cc2)CC1. The van der Waals surface area contributed by atoms with Crippen LogP contribution >= 0.6 is 11.6 Å². The number of urea groups is 1. The first kappa shape index (κ1) is 15.9. The van der Waals surface area contributed by atoms with Gasteiger partial charge in [0.05, 0.1) is 0 Å². The fraction of sp³-hybridized carbons (Fsp3) is 0.533. The second-order valence-corrected chi connectivity index (χ2v) is 5.74. The van der Waals surface area contributed by atoms with E-state index < -0.39 is 0 Å². The van der Waals surface area contributed by atoms with Crippen LogP contribution in [0.5, 0.6) is 5.75 Å². The molecule has 1 saturated heterocycles. The molecule has 1 aliphatic heterocycles. The molecule has 0 aromatic heterocycles. The molecule has 2 amide bonds. The third-order valence-electron chi connectivity index (χ3n) is 3.52. The maximum absolute atomic E-state index is 11.8. The van der Waals surface area contributed by atoms with E-state index in [1.165, 1.54) is 0 Å². The zero-order valence-corrected chi connectivity index (χ0v) is 13.3. The van der Waals surface area contributed by atoms with E-state index in [4.69, 9.17) is 16.3 Å². The molecular formula is C15H22ClN3O2. The molecule has 116 valence electrons. The maximum Gasteiger partial charge on any atom is 0.319 e. The number of nitrogens with zero attached hydrogens (tertiary/aromatic N) is 3. The third-order valence-corrected chi connectivity index (χ3v) is 3.77. The summed E-state index contributed by atoms with van der Waals surface area (Å²) in [5.41, 5.74) is 0. The van der Waals surface area contributed by atoms with Gasteiger partial charge in [0, 0.05) is 51.8 Å². The topological polar surface area (TPSA) is 36.0 Å². The fourth-order valence-corrected chi connectivity index (χ4v) is 2.40. The van der Waals surface area contributed by atoms with Crippen molar-refractivity contribution in [3.8, 4) is 5.75 Å². The molecule has 1 aromatic carbocycles. The van der Waals surface area contributed by atoms with E-state index in [2.05, 4.69) is 4.90 Å². The molecule has 1 aromatic rings. The second kappa shape index (κ2) is 7.52. The fourth-order valence-electron chi connectivity index (χ4n) is 2.27. The first-order valence-electron chi connectivity index (χ1n) is 7.13. The summed E-state index contributed by atoms with van der Waals surface area (Å²) in [5.74, 6) is 0.834. The Hall–Kier alpha value is -1.46. The van der Waals surface area contributed by atoms with Crippen LogP contribution in [-0.4, -0.2) is 74.2 Å². The van der Waals surface area contributed by atoms with Crippen molar-refractivity contribution in [2.24, 2.45) is 0 Å². The summed E-state index contributed by atoms with van der Waals surface area (Å²) in [4.78, 5) is 17.7. The Morgan fingerprint density at radius 1 is 1.19 bits per heavy atom. The minimum Gasteiger partial charge on any atom is -0.492 e. The van der Waals surface area contributed by atoms with E-state index >= 15 is 0 Å². The third kappa shape index (κ3) is 4.79. The molecule has 0 spiro atoms. The van der Waals surface area contributed by atoms with Gasteiger partial charge in [0.2, 0.25) is 0 Å². The van der Waals surface area contributed by atoms with Gasteiger partial charge >= 0.3 is 6.03 Å². The molecular weight excluding hydrogens is 290 g/mol. The molecule has 21 heavy (non-hydrogen) atoms. The van der Waals surface area contributed by atoms with Crippen LogP contribution in [0.3, 0.4) is 0 Å². The number of piperazine rings is 1. The molecule has 0 radical (unpaired) electrons. The zero-order chi connectivity index (χ0) is 15.2. The molecule has 0 atom stereocenters. The lowest BCUT2D eigenvalue weighted by molar-refractivity contribution is 0.113. The van der Waals surface area contributed by atoms with Gasteiger partial charge in [-0.2, -0.15) is 0 Å². The Balaban J connectivity index is 1.67. The highest BCUT2D eigenvalue weighted by molar-refractivity contribution is 6.30. The van der Waals surface area contributed by atoms with Gasteiger partial charge in [-0.3, -0.25) is 4.90 Å². The normalized spacial score (nSPS) is 15.9. The van der Waals surface area contributed by atoms with Crippen molar-refractivity contribution < 1.29 is 9.53 Å². The maximum atomic E-state index is 11.8. The number of rotatable bonds is 4. The monoisotopic (exact) mass is 311 g/mol. The molecule has 1 aliphatic rings. The molecule has 0 unspecified atom stereocenters. The Morgan fingerprint density at radius 2 is 1.81 bits per heavy atom. The van der Waals surface area contributed by atoms with Gasteiger partial charge in [0.15, 0.2) is 0 Å². The lowest BCUT2D eigenvalue weighted by Crippen LogP contribution is -2.52. The summed E-state index contributed by atoms with van der Waals surface area (Å²) in [6.07, 6.45) is 0. The van der Waals surface area contributed by atoms with Crippen LogP contribution in [0.25, 0.3) is 0 Å². The molecule has 2 rings (SSSR count). The average Bonchev–Trinajstić information content (AvgIpc) is 2.49. The van der Waals surface area contributed by atoms with Gasteiger partial charge in [-0.25, -0.2) is 4.79 Å². The summed E-state index contributed by atoms with van der Waals surface area (Å²) in [6, 6.07) is 7.48. The van der Waals surface area contributed by atoms with Crippen molar-refractivity contribution in [3.63, 3.8) is 0 Å². The van der Waals surface area contributed by atoms with E-state index in [9.17, 15) is 4.79 Å². The standard InChI is InChI=1S/C15H22ClN3O2/c1-17(2)15(20)19-9-7-18(8-10-19)11-12-21-14-5-3-13(16)4-6-14/h3-6H,7-12H2,1-2H3. The summed E-state index contributed by atoms with van der Waals surface area (Å²) < 4.78 is 5.69. The summed E-state index contributed by atoms with van der Waals surface area (Å²) in [6.45, 7) is 4.85. The summed E-state index contributed by atoms with van der Waals surface area (Å²) in [7, 11) is 3.57. The summed E-state index contributed by atoms with van der Waals surface area (Å²) in [5, 5.41) is 0.712. The smallest absolute Gasteiger partial charge is 0.319 e. The van der Waals surface area contributed by atoms with E-state index in [-0.39, 0.29) is 6.03 Å². The molecule has 6 heteroatoms. The molecule has 1 fully saturated rings. The first-order valence-corrected chi connectivity index (χ1v) is 7.51. The minimum atomic E-state index is 0.0899. The highest BCUT2D eigenvalue weighted by Crippen LogP contribution is 2.15.